The lowest BCUT2D eigenvalue weighted by molar-refractivity contribution is -0.124. The average molecular weight is 394 g/mol. The predicted octanol–water partition coefficient (Wildman–Crippen LogP) is 3.18. The van der Waals surface area contributed by atoms with E-state index in [-0.39, 0.29) is 49.9 Å². The molecule has 29 heavy (non-hydrogen) atoms. The summed E-state index contributed by atoms with van der Waals surface area (Å²) in [4.78, 5) is 35.2. The Morgan fingerprint density at radius 1 is 0.828 bits per heavy atom. The first-order valence-corrected chi connectivity index (χ1v) is 9.92. The standard InChI is InChI=1S/C23H26N2O4/c24-13-11-16(26)9-10-17(27)12-14-25-23(28)29-15-22-20-7-3-1-5-18(20)19-6-2-4-8-21(19)22/h1-8,22H,9-15,24H2,(H,25,28). The smallest absolute Gasteiger partial charge is 0.407 e. The number of nitrogens with two attached hydrogens (primary N) is 1. The summed E-state index contributed by atoms with van der Waals surface area (Å²) in [5, 5.41) is 2.61. The van der Waals surface area contributed by atoms with Gasteiger partial charge in [0.2, 0.25) is 0 Å². The van der Waals surface area contributed by atoms with Crippen LogP contribution in [0.2, 0.25) is 0 Å². The fourth-order valence-electron chi connectivity index (χ4n) is 3.64. The largest absolute Gasteiger partial charge is 0.449 e. The molecule has 3 rings (SSSR count). The molecule has 0 fully saturated rings. The fourth-order valence-corrected chi connectivity index (χ4v) is 3.64. The molecule has 0 atom stereocenters. The molecule has 1 amide bonds. The number of hydrogen-bond donors (Lipinski definition) is 2. The van der Waals surface area contributed by atoms with E-state index in [1.54, 1.807) is 0 Å². The Bertz CT molecular complexity index is 848. The summed E-state index contributed by atoms with van der Waals surface area (Å²) in [7, 11) is 0. The molecule has 152 valence electrons. The molecule has 0 spiro atoms. The van der Waals surface area contributed by atoms with Crippen molar-refractivity contribution in [3.05, 3.63) is 59.7 Å². The molecule has 0 radical (unpaired) electrons. The van der Waals surface area contributed by atoms with Gasteiger partial charge in [0.25, 0.3) is 0 Å². The number of ether oxygens (including phenoxy) is 1. The minimum atomic E-state index is -0.543. The zero-order chi connectivity index (χ0) is 20.6. The van der Waals surface area contributed by atoms with Crippen molar-refractivity contribution in [1.29, 1.82) is 0 Å². The fraction of sp³-hybridized carbons (Fsp3) is 0.348. The molecule has 0 saturated carbocycles. The number of ketones is 2. The van der Waals surface area contributed by atoms with Gasteiger partial charge in [-0.3, -0.25) is 9.59 Å². The summed E-state index contributed by atoms with van der Waals surface area (Å²) in [6.45, 7) is 0.734. The highest BCUT2D eigenvalue weighted by atomic mass is 16.5. The van der Waals surface area contributed by atoms with E-state index in [9.17, 15) is 14.4 Å². The summed E-state index contributed by atoms with van der Waals surface area (Å²) in [6.07, 6.45) is 0.330. The maximum Gasteiger partial charge on any atom is 0.407 e. The third-order valence-corrected chi connectivity index (χ3v) is 5.12. The minimum absolute atomic E-state index is 0.00309. The molecular weight excluding hydrogens is 368 g/mol. The van der Waals surface area contributed by atoms with Crippen molar-refractivity contribution < 1.29 is 19.1 Å². The van der Waals surface area contributed by atoms with Gasteiger partial charge < -0.3 is 15.8 Å². The van der Waals surface area contributed by atoms with Crippen LogP contribution in [0.15, 0.2) is 48.5 Å². The van der Waals surface area contributed by atoms with Crippen LogP contribution in [0.25, 0.3) is 11.1 Å². The van der Waals surface area contributed by atoms with Gasteiger partial charge >= 0.3 is 6.09 Å². The Morgan fingerprint density at radius 2 is 1.38 bits per heavy atom. The second-order valence-corrected chi connectivity index (χ2v) is 7.12. The molecule has 1 aliphatic rings. The SMILES string of the molecule is NCCC(=O)CCC(=O)CCNC(=O)OCC1c2ccccc2-c2ccccc21. The molecule has 6 heteroatoms. The van der Waals surface area contributed by atoms with Gasteiger partial charge in [0.15, 0.2) is 0 Å². The summed E-state index contributed by atoms with van der Waals surface area (Å²) in [6, 6.07) is 16.3. The highest BCUT2D eigenvalue weighted by Gasteiger charge is 2.28. The van der Waals surface area contributed by atoms with Crippen molar-refractivity contribution in [3.63, 3.8) is 0 Å². The number of rotatable bonds is 10. The number of benzene rings is 2. The summed E-state index contributed by atoms with van der Waals surface area (Å²) in [5.74, 6) is -0.0667. The van der Waals surface area contributed by atoms with Crippen LogP contribution in [-0.4, -0.2) is 37.4 Å². The monoisotopic (exact) mass is 394 g/mol. The molecule has 0 bridgehead atoms. The van der Waals surface area contributed by atoms with E-state index < -0.39 is 6.09 Å². The maximum absolute atomic E-state index is 12.0. The van der Waals surface area contributed by atoms with E-state index in [0.29, 0.717) is 13.0 Å². The molecule has 3 N–H and O–H groups in total. The van der Waals surface area contributed by atoms with Crippen molar-refractivity contribution in [1.82, 2.24) is 5.32 Å². The highest BCUT2D eigenvalue weighted by molar-refractivity contribution is 5.86. The zero-order valence-corrected chi connectivity index (χ0v) is 16.4. The van der Waals surface area contributed by atoms with Crippen LogP contribution < -0.4 is 11.1 Å². The van der Waals surface area contributed by atoms with Crippen LogP contribution in [0.1, 0.15) is 42.7 Å². The molecule has 2 aromatic rings. The van der Waals surface area contributed by atoms with E-state index in [1.807, 2.05) is 24.3 Å². The maximum atomic E-state index is 12.0. The van der Waals surface area contributed by atoms with Crippen LogP contribution in [0.5, 0.6) is 0 Å². The van der Waals surface area contributed by atoms with Crippen LogP contribution in [-0.2, 0) is 14.3 Å². The minimum Gasteiger partial charge on any atom is -0.449 e. The Balaban J connectivity index is 1.44. The number of fused-ring (bicyclic) bond motifs is 3. The molecule has 0 aliphatic heterocycles. The van der Waals surface area contributed by atoms with Crippen LogP contribution in [0.4, 0.5) is 4.79 Å². The number of alkyl carbamates (subject to hydrolysis) is 1. The van der Waals surface area contributed by atoms with E-state index in [2.05, 4.69) is 29.6 Å². The van der Waals surface area contributed by atoms with Gasteiger partial charge in [0.05, 0.1) is 0 Å². The van der Waals surface area contributed by atoms with Crippen molar-refractivity contribution in [2.24, 2.45) is 5.73 Å². The number of hydrogen-bond acceptors (Lipinski definition) is 5. The van der Waals surface area contributed by atoms with Gasteiger partial charge in [0.1, 0.15) is 18.2 Å². The van der Waals surface area contributed by atoms with Crippen molar-refractivity contribution in [2.75, 3.05) is 19.7 Å². The first-order chi connectivity index (χ1) is 14.1. The third kappa shape index (κ3) is 5.29. The van der Waals surface area contributed by atoms with Gasteiger partial charge in [-0.15, -0.1) is 0 Å². The highest BCUT2D eigenvalue weighted by Crippen LogP contribution is 2.44. The number of amides is 1. The molecule has 1 aliphatic carbocycles. The quantitative estimate of drug-likeness (QED) is 0.645. The van der Waals surface area contributed by atoms with Gasteiger partial charge in [-0.1, -0.05) is 48.5 Å². The van der Waals surface area contributed by atoms with Crippen LogP contribution in [0, 0.1) is 0 Å². The average Bonchev–Trinajstić information content (AvgIpc) is 3.05. The second-order valence-electron chi connectivity index (χ2n) is 7.12. The summed E-state index contributed by atoms with van der Waals surface area (Å²) >= 11 is 0. The lowest BCUT2D eigenvalue weighted by atomic mass is 9.98. The number of Topliss-reactive ketones (excluding diaryl/α,β-unsaturated/α-hetero) is 2. The molecule has 0 heterocycles. The topological polar surface area (TPSA) is 98.5 Å². The lowest BCUT2D eigenvalue weighted by Gasteiger charge is -2.14. The first-order valence-electron chi connectivity index (χ1n) is 9.92. The zero-order valence-electron chi connectivity index (χ0n) is 16.4. The number of carbonyl (C=O) groups is 3. The van der Waals surface area contributed by atoms with Gasteiger partial charge in [0, 0.05) is 38.1 Å². The number of nitrogens with one attached hydrogen (secondary N) is 1. The van der Waals surface area contributed by atoms with Crippen LogP contribution in [0.3, 0.4) is 0 Å². The van der Waals surface area contributed by atoms with Gasteiger partial charge in [-0.05, 0) is 28.8 Å². The first kappa shape index (κ1) is 20.7. The number of carbonyl (C=O) groups excluding carboxylic acids is 3. The lowest BCUT2D eigenvalue weighted by Crippen LogP contribution is -2.28. The van der Waals surface area contributed by atoms with Gasteiger partial charge in [-0.25, -0.2) is 4.79 Å². The van der Waals surface area contributed by atoms with E-state index in [0.717, 1.165) is 11.1 Å². The molecular formula is C23H26N2O4. The Labute approximate surface area is 170 Å². The summed E-state index contributed by atoms with van der Waals surface area (Å²) < 4.78 is 5.42. The molecule has 0 saturated heterocycles. The van der Waals surface area contributed by atoms with Crippen LogP contribution >= 0.6 is 0 Å². The Kier molecular flexibility index (Phi) is 7.14. The van der Waals surface area contributed by atoms with E-state index >= 15 is 0 Å². The molecule has 6 nitrogen and oxygen atoms in total. The molecule has 0 aromatic heterocycles. The molecule has 2 aromatic carbocycles. The normalized spacial score (nSPS) is 12.2. The van der Waals surface area contributed by atoms with E-state index in [4.69, 9.17) is 10.5 Å². The summed E-state index contributed by atoms with van der Waals surface area (Å²) in [5.41, 5.74) is 9.96. The molecule has 0 unspecified atom stereocenters. The Hall–Kier alpha value is -2.99. The second kappa shape index (κ2) is 9.98. The predicted molar refractivity (Wildman–Crippen MR) is 111 cm³/mol. The van der Waals surface area contributed by atoms with Crippen molar-refractivity contribution in [3.8, 4) is 11.1 Å². The van der Waals surface area contributed by atoms with Crippen molar-refractivity contribution >= 4 is 17.7 Å². The van der Waals surface area contributed by atoms with Gasteiger partial charge in [-0.2, -0.15) is 0 Å². The van der Waals surface area contributed by atoms with Crippen molar-refractivity contribution in [2.45, 2.75) is 31.6 Å². The Morgan fingerprint density at radius 3 is 1.97 bits per heavy atom. The van der Waals surface area contributed by atoms with E-state index in [1.165, 1.54) is 11.1 Å². The third-order valence-electron chi connectivity index (χ3n) is 5.12.